The highest BCUT2D eigenvalue weighted by molar-refractivity contribution is 4.96. The van der Waals surface area contributed by atoms with Gasteiger partial charge in [0, 0.05) is 7.05 Å². The van der Waals surface area contributed by atoms with Gasteiger partial charge in [-0.2, -0.15) is 5.10 Å². The second-order valence-electron chi connectivity index (χ2n) is 4.22. The highest BCUT2D eigenvalue weighted by Gasteiger charge is 2.13. The maximum Gasteiger partial charge on any atom is 0.147 e. The summed E-state index contributed by atoms with van der Waals surface area (Å²) in [6.45, 7) is 6.29. The molecule has 0 amide bonds. The summed E-state index contributed by atoms with van der Waals surface area (Å²) in [5.41, 5.74) is 6.03. The number of aromatic nitrogens is 3. The SMILES string of the molecule is Cc1nc(C(N)CCC(C)C)n(C)n1. The molecular weight excluding hydrogens is 176 g/mol. The molecule has 0 aliphatic carbocycles. The van der Waals surface area contributed by atoms with Crippen LogP contribution in [0.1, 0.15) is 44.4 Å². The van der Waals surface area contributed by atoms with E-state index in [1.807, 2.05) is 14.0 Å². The lowest BCUT2D eigenvalue weighted by Crippen LogP contribution is -2.16. The summed E-state index contributed by atoms with van der Waals surface area (Å²) in [7, 11) is 1.89. The summed E-state index contributed by atoms with van der Waals surface area (Å²) in [5.74, 6) is 2.38. The van der Waals surface area contributed by atoms with Gasteiger partial charge in [0.2, 0.25) is 0 Å². The van der Waals surface area contributed by atoms with Gasteiger partial charge in [0.15, 0.2) is 0 Å². The summed E-state index contributed by atoms with van der Waals surface area (Å²) >= 11 is 0. The van der Waals surface area contributed by atoms with Crippen LogP contribution in [0.25, 0.3) is 0 Å². The molecule has 0 aromatic carbocycles. The van der Waals surface area contributed by atoms with Crippen LogP contribution in [0.3, 0.4) is 0 Å². The van der Waals surface area contributed by atoms with E-state index in [0.717, 1.165) is 24.5 Å². The van der Waals surface area contributed by atoms with Crippen molar-refractivity contribution in [3.05, 3.63) is 11.6 Å². The summed E-state index contributed by atoms with van der Waals surface area (Å²) < 4.78 is 1.78. The van der Waals surface area contributed by atoms with Crippen LogP contribution in [0.5, 0.6) is 0 Å². The quantitative estimate of drug-likeness (QED) is 0.795. The van der Waals surface area contributed by atoms with E-state index in [0.29, 0.717) is 5.92 Å². The van der Waals surface area contributed by atoms with Crippen molar-refractivity contribution in [1.82, 2.24) is 14.8 Å². The Labute approximate surface area is 85.5 Å². The van der Waals surface area contributed by atoms with Crippen molar-refractivity contribution in [1.29, 1.82) is 0 Å². The third kappa shape index (κ3) is 2.80. The van der Waals surface area contributed by atoms with Crippen LogP contribution >= 0.6 is 0 Å². The molecular formula is C10H20N4. The van der Waals surface area contributed by atoms with Gasteiger partial charge in [-0.3, -0.25) is 4.68 Å². The zero-order chi connectivity index (χ0) is 10.7. The molecule has 1 heterocycles. The van der Waals surface area contributed by atoms with Crippen LogP contribution < -0.4 is 5.73 Å². The van der Waals surface area contributed by atoms with Crippen molar-refractivity contribution < 1.29 is 0 Å². The Hall–Kier alpha value is -0.900. The van der Waals surface area contributed by atoms with E-state index in [1.54, 1.807) is 4.68 Å². The molecule has 0 saturated carbocycles. The van der Waals surface area contributed by atoms with E-state index in [2.05, 4.69) is 23.9 Å². The number of nitrogens with zero attached hydrogens (tertiary/aromatic N) is 3. The molecule has 0 bridgehead atoms. The zero-order valence-electron chi connectivity index (χ0n) is 9.49. The summed E-state index contributed by atoms with van der Waals surface area (Å²) in [5, 5.41) is 4.18. The van der Waals surface area contributed by atoms with E-state index < -0.39 is 0 Å². The first kappa shape index (κ1) is 11.2. The Morgan fingerprint density at radius 1 is 1.36 bits per heavy atom. The topological polar surface area (TPSA) is 56.7 Å². The van der Waals surface area contributed by atoms with E-state index in [4.69, 9.17) is 5.73 Å². The normalized spacial score (nSPS) is 13.6. The third-order valence-corrected chi connectivity index (χ3v) is 2.29. The molecule has 2 N–H and O–H groups in total. The van der Waals surface area contributed by atoms with Crippen LogP contribution in [0, 0.1) is 12.8 Å². The van der Waals surface area contributed by atoms with E-state index in [-0.39, 0.29) is 6.04 Å². The molecule has 0 aliphatic rings. The molecule has 1 unspecified atom stereocenters. The van der Waals surface area contributed by atoms with Crippen LogP contribution in [0.15, 0.2) is 0 Å². The van der Waals surface area contributed by atoms with Crippen molar-refractivity contribution in [2.75, 3.05) is 0 Å². The number of hydrogen-bond donors (Lipinski definition) is 1. The maximum absolute atomic E-state index is 6.03. The van der Waals surface area contributed by atoms with E-state index in [9.17, 15) is 0 Å². The minimum atomic E-state index is 0.0172. The average molecular weight is 196 g/mol. The molecule has 1 aromatic heterocycles. The number of hydrogen-bond acceptors (Lipinski definition) is 3. The summed E-state index contributed by atoms with van der Waals surface area (Å²) in [6, 6.07) is 0.0172. The lowest BCUT2D eigenvalue weighted by Gasteiger charge is -2.11. The molecule has 0 saturated heterocycles. The van der Waals surface area contributed by atoms with Crippen molar-refractivity contribution in [3.8, 4) is 0 Å². The molecule has 0 radical (unpaired) electrons. The van der Waals surface area contributed by atoms with Crippen LogP contribution in [-0.2, 0) is 7.05 Å². The Balaban J connectivity index is 2.60. The lowest BCUT2D eigenvalue weighted by molar-refractivity contribution is 0.481. The standard InChI is InChI=1S/C10H20N4/c1-7(2)5-6-9(11)10-12-8(3)13-14(10)4/h7,9H,5-6,11H2,1-4H3. The van der Waals surface area contributed by atoms with Gasteiger partial charge < -0.3 is 5.73 Å². The van der Waals surface area contributed by atoms with Crippen molar-refractivity contribution in [2.45, 2.75) is 39.7 Å². The predicted octanol–water partition coefficient (Wildman–Crippen LogP) is 1.56. The van der Waals surface area contributed by atoms with Gasteiger partial charge in [-0.1, -0.05) is 13.8 Å². The Kier molecular flexibility index (Phi) is 3.63. The van der Waals surface area contributed by atoms with Gasteiger partial charge in [-0.15, -0.1) is 0 Å². The molecule has 14 heavy (non-hydrogen) atoms. The smallest absolute Gasteiger partial charge is 0.147 e. The Morgan fingerprint density at radius 3 is 2.43 bits per heavy atom. The van der Waals surface area contributed by atoms with Gasteiger partial charge in [0.05, 0.1) is 6.04 Å². The number of rotatable bonds is 4. The molecule has 0 aliphatic heterocycles. The van der Waals surface area contributed by atoms with Crippen LogP contribution in [-0.4, -0.2) is 14.8 Å². The highest BCUT2D eigenvalue weighted by Crippen LogP contribution is 2.16. The Bertz CT molecular complexity index is 290. The molecule has 1 rings (SSSR count). The van der Waals surface area contributed by atoms with Gasteiger partial charge in [-0.25, -0.2) is 4.98 Å². The number of aryl methyl sites for hydroxylation is 2. The fourth-order valence-corrected chi connectivity index (χ4v) is 1.49. The minimum absolute atomic E-state index is 0.0172. The Morgan fingerprint density at radius 2 is 2.00 bits per heavy atom. The molecule has 4 heteroatoms. The fourth-order valence-electron chi connectivity index (χ4n) is 1.49. The summed E-state index contributed by atoms with van der Waals surface area (Å²) in [4.78, 5) is 4.31. The highest BCUT2D eigenvalue weighted by atomic mass is 15.3. The molecule has 80 valence electrons. The summed E-state index contributed by atoms with van der Waals surface area (Å²) in [6.07, 6.45) is 2.11. The van der Waals surface area contributed by atoms with E-state index >= 15 is 0 Å². The van der Waals surface area contributed by atoms with Gasteiger partial charge in [-0.05, 0) is 25.7 Å². The molecule has 0 fully saturated rings. The van der Waals surface area contributed by atoms with E-state index in [1.165, 1.54) is 0 Å². The van der Waals surface area contributed by atoms with Crippen molar-refractivity contribution >= 4 is 0 Å². The monoisotopic (exact) mass is 196 g/mol. The van der Waals surface area contributed by atoms with Gasteiger partial charge in [0.25, 0.3) is 0 Å². The van der Waals surface area contributed by atoms with Gasteiger partial charge >= 0.3 is 0 Å². The lowest BCUT2D eigenvalue weighted by atomic mass is 10.0. The zero-order valence-corrected chi connectivity index (χ0v) is 9.49. The van der Waals surface area contributed by atoms with Crippen LogP contribution in [0.2, 0.25) is 0 Å². The first-order valence-corrected chi connectivity index (χ1v) is 5.13. The molecule has 1 atom stereocenters. The minimum Gasteiger partial charge on any atom is -0.321 e. The van der Waals surface area contributed by atoms with Crippen molar-refractivity contribution in [3.63, 3.8) is 0 Å². The molecule has 0 spiro atoms. The fraction of sp³-hybridized carbons (Fsp3) is 0.800. The second kappa shape index (κ2) is 4.55. The van der Waals surface area contributed by atoms with Gasteiger partial charge in [0.1, 0.15) is 11.6 Å². The maximum atomic E-state index is 6.03. The number of nitrogens with two attached hydrogens (primary N) is 1. The first-order chi connectivity index (χ1) is 6.50. The third-order valence-electron chi connectivity index (χ3n) is 2.29. The molecule has 1 aromatic rings. The average Bonchev–Trinajstić information content (AvgIpc) is 2.41. The first-order valence-electron chi connectivity index (χ1n) is 5.13. The van der Waals surface area contributed by atoms with Crippen molar-refractivity contribution in [2.24, 2.45) is 18.7 Å². The largest absolute Gasteiger partial charge is 0.321 e. The van der Waals surface area contributed by atoms with Crippen LogP contribution in [0.4, 0.5) is 0 Å². The molecule has 4 nitrogen and oxygen atoms in total. The second-order valence-corrected chi connectivity index (χ2v) is 4.22. The predicted molar refractivity (Wildman–Crippen MR) is 56.7 cm³/mol.